The highest BCUT2D eigenvalue weighted by Gasteiger charge is 2.49. The van der Waals surface area contributed by atoms with Gasteiger partial charge in [0, 0.05) is 0 Å². The van der Waals surface area contributed by atoms with Gasteiger partial charge < -0.3 is 9.84 Å². The summed E-state index contributed by atoms with van der Waals surface area (Å²) in [6.45, 7) is 2.31. The summed E-state index contributed by atoms with van der Waals surface area (Å²) in [6, 6.07) is 8.68. The minimum absolute atomic E-state index is 0.161. The molecule has 0 radical (unpaired) electrons. The lowest BCUT2D eigenvalue weighted by molar-refractivity contribution is -0.132. The Kier molecular flexibility index (Phi) is 5.99. The largest absolute Gasteiger partial charge is 0.483 e. The molecule has 1 aliphatic carbocycles. The highest BCUT2D eigenvalue weighted by atomic mass is 32.2. The van der Waals surface area contributed by atoms with Gasteiger partial charge in [-0.1, -0.05) is 31.5 Å². The Morgan fingerprint density at radius 3 is 2.60 bits per heavy atom. The fraction of sp³-hybridized carbons (Fsp3) is 0.353. The second-order valence-electron chi connectivity index (χ2n) is 5.73. The summed E-state index contributed by atoms with van der Waals surface area (Å²) >= 11 is 0. The van der Waals surface area contributed by atoms with Crippen LogP contribution in [0.5, 0.6) is 5.75 Å². The van der Waals surface area contributed by atoms with Crippen LogP contribution in [0, 0.1) is 0 Å². The number of nitrogens with two attached hydrogens (primary N) is 1. The summed E-state index contributed by atoms with van der Waals surface area (Å²) in [6.07, 6.45) is 4.37. The molecule has 0 saturated carbocycles. The van der Waals surface area contributed by atoms with Crippen molar-refractivity contribution in [2.24, 2.45) is 5.14 Å². The van der Waals surface area contributed by atoms with E-state index in [2.05, 4.69) is 5.32 Å². The first kappa shape index (κ1) is 19.2. The second-order valence-corrected chi connectivity index (χ2v) is 7.50. The highest BCUT2D eigenvalue weighted by Crippen LogP contribution is 2.30. The zero-order valence-corrected chi connectivity index (χ0v) is 14.7. The summed E-state index contributed by atoms with van der Waals surface area (Å²) in [5.74, 6) is -0.783. The summed E-state index contributed by atoms with van der Waals surface area (Å²) in [4.78, 5) is 9.48. The molecule has 0 bridgehead atoms. The lowest BCUT2D eigenvalue weighted by Crippen LogP contribution is -2.63. The van der Waals surface area contributed by atoms with Crippen molar-refractivity contribution >= 4 is 16.0 Å². The normalized spacial score (nSPS) is 23.1. The fourth-order valence-corrected chi connectivity index (χ4v) is 3.60. The molecule has 1 aliphatic rings. The third-order valence-corrected chi connectivity index (χ3v) is 5.33. The minimum Gasteiger partial charge on any atom is -0.483 e. The number of aliphatic carboxylic acids is 1. The SMILES string of the molecule is CCCCNC1(S(N)(=O)=O)C=C(C(=O)O)C=CC1Oc1ccccc1. The van der Waals surface area contributed by atoms with Crippen LogP contribution in [0.1, 0.15) is 19.8 Å². The zero-order chi connectivity index (χ0) is 18.5. The van der Waals surface area contributed by atoms with Crippen LogP contribution in [0.3, 0.4) is 0 Å². The van der Waals surface area contributed by atoms with E-state index < -0.39 is 27.0 Å². The third kappa shape index (κ3) is 4.28. The Morgan fingerprint density at radius 2 is 2.04 bits per heavy atom. The number of para-hydroxylation sites is 1. The number of carboxylic acids is 1. The van der Waals surface area contributed by atoms with Crippen LogP contribution in [0.4, 0.5) is 0 Å². The molecule has 8 heteroatoms. The van der Waals surface area contributed by atoms with Crippen LogP contribution in [0.2, 0.25) is 0 Å². The summed E-state index contributed by atoms with van der Waals surface area (Å²) in [5.41, 5.74) is -0.161. The number of ether oxygens (including phenoxy) is 1. The van der Waals surface area contributed by atoms with Gasteiger partial charge in [-0.15, -0.1) is 0 Å². The van der Waals surface area contributed by atoms with Crippen LogP contribution in [-0.2, 0) is 14.8 Å². The number of hydrogen-bond donors (Lipinski definition) is 3. The number of unbranched alkanes of at least 4 members (excludes halogenated alkanes) is 1. The van der Waals surface area contributed by atoms with E-state index in [1.165, 1.54) is 12.2 Å². The van der Waals surface area contributed by atoms with Gasteiger partial charge >= 0.3 is 5.97 Å². The molecular weight excluding hydrogens is 344 g/mol. The van der Waals surface area contributed by atoms with Crippen molar-refractivity contribution in [1.29, 1.82) is 0 Å². The first-order chi connectivity index (χ1) is 11.8. The van der Waals surface area contributed by atoms with Crippen LogP contribution >= 0.6 is 0 Å². The molecule has 1 aromatic carbocycles. The molecule has 25 heavy (non-hydrogen) atoms. The van der Waals surface area contributed by atoms with Gasteiger partial charge in [0.25, 0.3) is 0 Å². The molecule has 0 saturated heterocycles. The second kappa shape index (κ2) is 7.81. The average Bonchev–Trinajstić information content (AvgIpc) is 2.56. The van der Waals surface area contributed by atoms with Crippen LogP contribution in [-0.4, -0.2) is 37.0 Å². The van der Waals surface area contributed by atoms with Crippen molar-refractivity contribution in [3.63, 3.8) is 0 Å². The number of rotatable bonds is 8. The maximum Gasteiger partial charge on any atom is 0.335 e. The molecule has 1 aromatic rings. The summed E-state index contributed by atoms with van der Waals surface area (Å²) in [5, 5.41) is 17.7. The molecule has 0 aliphatic heterocycles. The lowest BCUT2D eigenvalue weighted by Gasteiger charge is -2.37. The first-order valence-corrected chi connectivity index (χ1v) is 9.48. The van der Waals surface area contributed by atoms with E-state index in [1.807, 2.05) is 6.92 Å². The van der Waals surface area contributed by atoms with E-state index in [0.29, 0.717) is 18.7 Å². The Balaban J connectivity index is 2.47. The molecule has 0 heterocycles. The van der Waals surface area contributed by atoms with Gasteiger partial charge in [-0.25, -0.2) is 18.4 Å². The Bertz CT molecular complexity index is 773. The monoisotopic (exact) mass is 366 g/mol. The Hall–Kier alpha value is -2.16. The minimum atomic E-state index is -4.23. The van der Waals surface area contributed by atoms with E-state index >= 15 is 0 Å². The smallest absolute Gasteiger partial charge is 0.335 e. The quantitative estimate of drug-likeness (QED) is 0.598. The van der Waals surface area contributed by atoms with Crippen LogP contribution in [0.25, 0.3) is 0 Å². The molecule has 4 N–H and O–H groups in total. The van der Waals surface area contributed by atoms with E-state index in [9.17, 15) is 18.3 Å². The Labute approximate surface area is 147 Å². The standard InChI is InChI=1S/C17H22N2O5S/c1-2-3-11-19-17(25(18,22)23)12-13(16(20)21)9-10-15(17)24-14-7-5-4-6-8-14/h4-10,12,15,19H,2-3,11H2,1H3,(H,20,21)(H2,18,22,23). The topological polar surface area (TPSA) is 119 Å². The molecule has 0 amide bonds. The van der Waals surface area contributed by atoms with E-state index in [0.717, 1.165) is 12.5 Å². The van der Waals surface area contributed by atoms with Gasteiger partial charge in [0.15, 0.2) is 11.0 Å². The number of sulfonamides is 1. The van der Waals surface area contributed by atoms with Gasteiger partial charge in [0.05, 0.1) is 5.57 Å². The maximum atomic E-state index is 12.4. The first-order valence-electron chi connectivity index (χ1n) is 7.93. The summed E-state index contributed by atoms with van der Waals surface area (Å²) in [7, 11) is -4.23. The van der Waals surface area contributed by atoms with Crippen LogP contribution in [0.15, 0.2) is 54.1 Å². The zero-order valence-electron chi connectivity index (χ0n) is 13.9. The summed E-state index contributed by atoms with van der Waals surface area (Å²) < 4.78 is 30.7. The molecule has 2 atom stereocenters. The van der Waals surface area contributed by atoms with Crippen LogP contribution < -0.4 is 15.2 Å². The molecule has 7 nitrogen and oxygen atoms in total. The average molecular weight is 366 g/mol. The predicted molar refractivity (Wildman–Crippen MR) is 94.5 cm³/mol. The third-order valence-electron chi connectivity index (χ3n) is 3.90. The molecule has 0 fully saturated rings. The van der Waals surface area contributed by atoms with E-state index in [-0.39, 0.29) is 5.57 Å². The van der Waals surface area contributed by atoms with Gasteiger partial charge in [0.1, 0.15) is 5.75 Å². The van der Waals surface area contributed by atoms with Crippen molar-refractivity contribution < 1.29 is 23.1 Å². The van der Waals surface area contributed by atoms with Gasteiger partial charge in [-0.3, -0.25) is 5.32 Å². The van der Waals surface area contributed by atoms with Gasteiger partial charge in [-0.2, -0.15) is 0 Å². The number of benzene rings is 1. The molecule has 2 rings (SSSR count). The van der Waals surface area contributed by atoms with Crippen molar-refractivity contribution in [3.05, 3.63) is 54.1 Å². The number of nitrogens with one attached hydrogen (secondary N) is 1. The van der Waals surface area contributed by atoms with Crippen molar-refractivity contribution in [2.45, 2.75) is 30.7 Å². The molecule has 0 aromatic heterocycles. The predicted octanol–water partition coefficient (Wildman–Crippen LogP) is 1.39. The van der Waals surface area contributed by atoms with Crippen molar-refractivity contribution in [3.8, 4) is 5.75 Å². The highest BCUT2D eigenvalue weighted by molar-refractivity contribution is 7.90. The number of primary sulfonamides is 1. The Morgan fingerprint density at radius 1 is 1.36 bits per heavy atom. The van der Waals surface area contributed by atoms with Crippen molar-refractivity contribution in [1.82, 2.24) is 5.32 Å². The lowest BCUT2D eigenvalue weighted by atomic mass is 9.98. The molecular formula is C17H22N2O5S. The molecule has 2 unspecified atom stereocenters. The fourth-order valence-electron chi connectivity index (χ4n) is 2.56. The van der Waals surface area contributed by atoms with Gasteiger partial charge in [0.2, 0.25) is 10.0 Å². The van der Waals surface area contributed by atoms with Gasteiger partial charge in [-0.05, 0) is 43.3 Å². The van der Waals surface area contributed by atoms with E-state index in [1.54, 1.807) is 30.3 Å². The van der Waals surface area contributed by atoms with Crippen molar-refractivity contribution in [2.75, 3.05) is 6.54 Å². The van der Waals surface area contributed by atoms with E-state index in [4.69, 9.17) is 9.88 Å². The number of carboxylic acid groups (broad SMARTS) is 1. The number of hydrogen-bond acceptors (Lipinski definition) is 5. The maximum absolute atomic E-state index is 12.4. The number of carbonyl (C=O) groups is 1. The molecule has 136 valence electrons. The molecule has 0 spiro atoms.